The lowest BCUT2D eigenvalue weighted by molar-refractivity contribution is 0.0640. The highest BCUT2D eigenvalue weighted by atomic mass is 19.1. The normalized spacial score (nSPS) is 12.5. The Morgan fingerprint density at radius 3 is 2.07 bits per heavy atom. The molecule has 0 aliphatic carbocycles. The van der Waals surface area contributed by atoms with Crippen LogP contribution in [0.5, 0.6) is 11.5 Å². The first-order chi connectivity index (χ1) is 21.5. The lowest BCUT2D eigenvalue weighted by Gasteiger charge is -2.23. The molecule has 0 atom stereocenters. The quantitative estimate of drug-likeness (QED) is 0.220. The maximum absolute atomic E-state index is 14.1. The summed E-state index contributed by atoms with van der Waals surface area (Å²) in [4.78, 5) is 46.4. The van der Waals surface area contributed by atoms with Crippen LogP contribution in [0.15, 0.2) is 103 Å². The van der Waals surface area contributed by atoms with Crippen molar-refractivity contribution in [1.82, 2.24) is 15.2 Å². The van der Waals surface area contributed by atoms with Crippen molar-refractivity contribution in [3.63, 3.8) is 0 Å². The molecule has 0 unspecified atom stereocenters. The summed E-state index contributed by atoms with van der Waals surface area (Å²) >= 11 is 0. The fourth-order valence-corrected chi connectivity index (χ4v) is 5.15. The predicted molar refractivity (Wildman–Crippen MR) is 159 cm³/mol. The lowest BCUT2D eigenvalue weighted by Crippen LogP contribution is -2.31. The molecule has 6 rings (SSSR count). The molecular formula is C34H26FN3O6. The van der Waals surface area contributed by atoms with E-state index in [2.05, 4.69) is 10.3 Å². The SMILES string of the molecule is O=C(NCCO)Oc1c2c(c(OC(c3ccccc3)c3ccccc3)c3ncccc13)C(=O)N(Cc1ccc(F)cc1)C2=O. The van der Waals surface area contributed by atoms with E-state index < -0.39 is 29.8 Å². The van der Waals surface area contributed by atoms with E-state index in [-0.39, 0.29) is 53.2 Å². The van der Waals surface area contributed by atoms with Gasteiger partial charge in [0.15, 0.2) is 11.5 Å². The number of benzene rings is 4. The molecule has 0 fully saturated rings. The minimum atomic E-state index is -0.927. The number of carbonyl (C=O) groups is 3. The maximum atomic E-state index is 14.1. The zero-order valence-electron chi connectivity index (χ0n) is 23.3. The molecule has 0 saturated carbocycles. The van der Waals surface area contributed by atoms with Gasteiger partial charge >= 0.3 is 6.09 Å². The van der Waals surface area contributed by atoms with Crippen molar-refractivity contribution in [3.05, 3.63) is 137 Å². The first kappa shape index (κ1) is 28.5. The zero-order chi connectivity index (χ0) is 30.6. The van der Waals surface area contributed by atoms with Crippen molar-refractivity contribution >= 4 is 28.8 Å². The van der Waals surface area contributed by atoms with E-state index in [0.29, 0.717) is 5.56 Å². The number of hydrogen-bond acceptors (Lipinski definition) is 7. The third-order valence-electron chi connectivity index (χ3n) is 7.16. The van der Waals surface area contributed by atoms with Gasteiger partial charge < -0.3 is 19.9 Å². The average molecular weight is 592 g/mol. The van der Waals surface area contributed by atoms with Gasteiger partial charge in [-0.25, -0.2) is 9.18 Å². The van der Waals surface area contributed by atoms with Crippen LogP contribution in [-0.2, 0) is 6.54 Å². The molecule has 2 heterocycles. The molecule has 0 radical (unpaired) electrons. The van der Waals surface area contributed by atoms with Crippen LogP contribution in [0.1, 0.15) is 43.5 Å². The zero-order valence-corrected chi connectivity index (χ0v) is 23.3. The van der Waals surface area contributed by atoms with Crippen LogP contribution in [0.25, 0.3) is 10.9 Å². The molecule has 0 saturated heterocycles. The fourth-order valence-electron chi connectivity index (χ4n) is 5.15. The summed E-state index contributed by atoms with van der Waals surface area (Å²) in [6, 6.07) is 27.5. The van der Waals surface area contributed by atoms with Crippen LogP contribution < -0.4 is 14.8 Å². The summed E-state index contributed by atoms with van der Waals surface area (Å²) in [5, 5.41) is 11.8. The molecule has 10 heteroatoms. The largest absolute Gasteiger partial charge is 0.478 e. The second-order valence-electron chi connectivity index (χ2n) is 9.99. The van der Waals surface area contributed by atoms with E-state index in [1.54, 1.807) is 12.1 Å². The molecule has 44 heavy (non-hydrogen) atoms. The molecule has 3 amide bonds. The number of nitrogens with zero attached hydrogens (tertiary/aromatic N) is 2. The number of aliphatic hydroxyl groups is 1. The topological polar surface area (TPSA) is 118 Å². The van der Waals surface area contributed by atoms with Crippen molar-refractivity contribution in [2.75, 3.05) is 13.2 Å². The number of hydrogen-bond donors (Lipinski definition) is 2. The number of rotatable bonds is 9. The molecule has 1 aliphatic heterocycles. The number of ether oxygens (including phenoxy) is 2. The van der Waals surface area contributed by atoms with Crippen LogP contribution in [0, 0.1) is 5.82 Å². The summed E-state index contributed by atoms with van der Waals surface area (Å²) in [5.74, 6) is -1.97. The molecule has 0 bridgehead atoms. The highest BCUT2D eigenvalue weighted by molar-refractivity contribution is 6.27. The van der Waals surface area contributed by atoms with E-state index >= 15 is 0 Å². The Labute approximate surface area is 251 Å². The third-order valence-corrected chi connectivity index (χ3v) is 7.16. The number of imide groups is 1. The number of aromatic nitrogens is 1. The third kappa shape index (κ3) is 5.46. The Bertz CT molecular complexity index is 1810. The molecule has 0 spiro atoms. The van der Waals surface area contributed by atoms with Crippen molar-refractivity contribution in [1.29, 1.82) is 0 Å². The van der Waals surface area contributed by atoms with Gasteiger partial charge in [-0.1, -0.05) is 72.8 Å². The van der Waals surface area contributed by atoms with Crippen molar-refractivity contribution in [2.24, 2.45) is 0 Å². The molecule has 1 aromatic heterocycles. The Hall–Kier alpha value is -5.61. The summed E-state index contributed by atoms with van der Waals surface area (Å²) < 4.78 is 25.9. The Kier molecular flexibility index (Phi) is 7.98. The number of amides is 3. The molecule has 9 nitrogen and oxygen atoms in total. The molecule has 5 aromatic rings. The first-order valence-corrected chi connectivity index (χ1v) is 13.8. The van der Waals surface area contributed by atoms with Gasteiger partial charge in [0.1, 0.15) is 28.6 Å². The highest BCUT2D eigenvalue weighted by Gasteiger charge is 2.44. The lowest BCUT2D eigenvalue weighted by atomic mass is 9.99. The minimum absolute atomic E-state index is 0.0522. The number of halogens is 1. The number of carbonyl (C=O) groups excluding carboxylic acids is 3. The van der Waals surface area contributed by atoms with Crippen molar-refractivity contribution in [3.8, 4) is 11.5 Å². The van der Waals surface area contributed by atoms with Crippen LogP contribution in [0.2, 0.25) is 0 Å². The second-order valence-corrected chi connectivity index (χ2v) is 9.99. The highest BCUT2D eigenvalue weighted by Crippen LogP contribution is 2.46. The van der Waals surface area contributed by atoms with Gasteiger partial charge in [0, 0.05) is 18.1 Å². The van der Waals surface area contributed by atoms with E-state index in [1.165, 1.54) is 30.5 Å². The van der Waals surface area contributed by atoms with Gasteiger partial charge in [0.25, 0.3) is 11.8 Å². The second kappa shape index (κ2) is 12.3. The summed E-state index contributed by atoms with van der Waals surface area (Å²) in [6.07, 6.45) is -0.112. The van der Waals surface area contributed by atoms with Gasteiger partial charge in [0.05, 0.1) is 13.2 Å². The Morgan fingerprint density at radius 2 is 1.45 bits per heavy atom. The van der Waals surface area contributed by atoms with Crippen LogP contribution in [0.3, 0.4) is 0 Å². The fraction of sp³-hybridized carbons (Fsp3) is 0.118. The van der Waals surface area contributed by atoms with Crippen LogP contribution in [-0.4, -0.2) is 46.0 Å². The monoisotopic (exact) mass is 591 g/mol. The summed E-state index contributed by atoms with van der Waals surface area (Å²) in [7, 11) is 0. The van der Waals surface area contributed by atoms with E-state index in [1.807, 2.05) is 60.7 Å². The standard InChI is InChI=1S/C34H26FN3O6/c35-24-15-13-21(14-16-24)20-38-32(40)26-27(33(38)41)31(28-25(12-7-17-36-28)30(26)44-34(42)37-18-19-39)43-29(22-8-3-1-4-9-22)23-10-5-2-6-11-23/h1-17,29,39H,18-20H2,(H,37,42). The number of nitrogens with one attached hydrogen (secondary N) is 1. The minimum Gasteiger partial charge on any atom is -0.478 e. The van der Waals surface area contributed by atoms with Crippen molar-refractivity contribution < 1.29 is 33.4 Å². The smallest absolute Gasteiger partial charge is 0.412 e. The summed E-state index contributed by atoms with van der Waals surface area (Å²) in [6.45, 7) is -0.573. The van der Waals surface area contributed by atoms with E-state index in [0.717, 1.165) is 16.0 Å². The van der Waals surface area contributed by atoms with Gasteiger partial charge in [0.2, 0.25) is 0 Å². The van der Waals surface area contributed by atoms with Crippen LogP contribution in [0.4, 0.5) is 9.18 Å². The van der Waals surface area contributed by atoms with Gasteiger partial charge in [-0.05, 0) is 41.0 Å². The summed E-state index contributed by atoms with van der Waals surface area (Å²) in [5.41, 5.74) is 2.04. The number of aliphatic hydroxyl groups excluding tert-OH is 1. The average Bonchev–Trinajstić information content (AvgIpc) is 3.30. The number of fused-ring (bicyclic) bond motifs is 2. The Morgan fingerprint density at radius 1 is 0.841 bits per heavy atom. The molecule has 2 N–H and O–H groups in total. The molecule has 1 aliphatic rings. The van der Waals surface area contributed by atoms with Gasteiger partial charge in [-0.2, -0.15) is 0 Å². The van der Waals surface area contributed by atoms with Gasteiger partial charge in [-0.3, -0.25) is 19.5 Å². The van der Waals surface area contributed by atoms with Gasteiger partial charge in [-0.15, -0.1) is 0 Å². The predicted octanol–water partition coefficient (Wildman–Crippen LogP) is 5.42. The van der Waals surface area contributed by atoms with E-state index in [9.17, 15) is 18.8 Å². The molecule has 4 aromatic carbocycles. The first-order valence-electron chi connectivity index (χ1n) is 13.8. The van der Waals surface area contributed by atoms with Crippen molar-refractivity contribution in [2.45, 2.75) is 12.6 Å². The van der Waals surface area contributed by atoms with Crippen LogP contribution >= 0.6 is 0 Å². The Balaban J connectivity index is 1.55. The molecular weight excluding hydrogens is 565 g/mol. The van der Waals surface area contributed by atoms with E-state index in [4.69, 9.17) is 14.6 Å². The maximum Gasteiger partial charge on any atom is 0.412 e. The molecule has 220 valence electrons. The number of pyridine rings is 1.